The van der Waals surface area contributed by atoms with E-state index in [1.54, 1.807) is 11.3 Å². The second-order valence-electron chi connectivity index (χ2n) is 6.33. The highest BCUT2D eigenvalue weighted by Gasteiger charge is 2.17. The summed E-state index contributed by atoms with van der Waals surface area (Å²) in [6.45, 7) is 5.76. The van der Waals surface area contributed by atoms with Gasteiger partial charge < -0.3 is 14.8 Å². The number of hydrogen-bond donors (Lipinski definition) is 1. The highest BCUT2D eigenvalue weighted by molar-refractivity contribution is 7.10. The molecule has 1 aromatic heterocycles. The van der Waals surface area contributed by atoms with E-state index < -0.39 is 0 Å². The maximum absolute atomic E-state index is 6.46. The van der Waals surface area contributed by atoms with E-state index in [9.17, 15) is 0 Å². The fraction of sp³-hybridized carbons (Fsp3) is 0.500. The summed E-state index contributed by atoms with van der Waals surface area (Å²) in [7, 11) is 1.99. The Kier molecular flexibility index (Phi) is 7.30. The second kappa shape index (κ2) is 9.92. The maximum atomic E-state index is 6.46. The molecule has 0 amide bonds. The molecule has 2 heterocycles. The molecule has 0 spiro atoms. The second-order valence-corrected chi connectivity index (χ2v) is 7.31. The van der Waals surface area contributed by atoms with Crippen molar-refractivity contribution >= 4 is 11.3 Å². The van der Waals surface area contributed by atoms with E-state index in [1.165, 1.54) is 10.4 Å². The standard InChI is InChI=1S/C20H28N2O2S/c1-21-10-8-19(20-7-4-16-25-20)24-18-6-3-2-5-17(18)9-11-22-12-14-23-15-13-22/h2-7,16,19,21H,8-15H2,1H3. The zero-order valence-corrected chi connectivity index (χ0v) is 15.8. The molecule has 1 N–H and O–H groups in total. The largest absolute Gasteiger partial charge is 0.485 e. The monoisotopic (exact) mass is 360 g/mol. The fourth-order valence-corrected chi connectivity index (χ4v) is 3.88. The van der Waals surface area contributed by atoms with Crippen LogP contribution in [-0.4, -0.2) is 51.3 Å². The van der Waals surface area contributed by atoms with Gasteiger partial charge >= 0.3 is 0 Å². The van der Waals surface area contributed by atoms with E-state index >= 15 is 0 Å². The molecule has 0 aliphatic carbocycles. The molecule has 1 aliphatic rings. The minimum Gasteiger partial charge on any atom is -0.485 e. The normalized spacial score (nSPS) is 16.7. The molecular formula is C20H28N2O2S. The van der Waals surface area contributed by atoms with E-state index in [1.807, 2.05) is 7.05 Å². The molecular weight excluding hydrogens is 332 g/mol. The molecule has 5 heteroatoms. The summed E-state index contributed by atoms with van der Waals surface area (Å²) in [5.74, 6) is 1.02. The predicted molar refractivity (Wildman–Crippen MR) is 104 cm³/mol. The Morgan fingerprint density at radius 2 is 2.04 bits per heavy atom. The third kappa shape index (κ3) is 5.54. The van der Waals surface area contributed by atoms with Crippen molar-refractivity contribution in [1.29, 1.82) is 0 Å². The molecule has 0 saturated carbocycles. The summed E-state index contributed by atoms with van der Waals surface area (Å²) in [4.78, 5) is 3.76. The van der Waals surface area contributed by atoms with Crippen LogP contribution in [0, 0.1) is 0 Å². The first-order chi connectivity index (χ1) is 12.4. The van der Waals surface area contributed by atoms with Crippen molar-refractivity contribution in [3.8, 4) is 5.75 Å². The molecule has 1 aromatic carbocycles. The molecule has 25 heavy (non-hydrogen) atoms. The summed E-state index contributed by atoms with van der Waals surface area (Å²) in [5, 5.41) is 5.36. The van der Waals surface area contributed by atoms with Crippen LogP contribution in [0.1, 0.15) is 23.0 Å². The maximum Gasteiger partial charge on any atom is 0.134 e. The molecule has 1 unspecified atom stereocenters. The zero-order chi connectivity index (χ0) is 17.3. The van der Waals surface area contributed by atoms with Crippen LogP contribution in [-0.2, 0) is 11.2 Å². The number of nitrogens with one attached hydrogen (secondary N) is 1. The highest BCUT2D eigenvalue weighted by Crippen LogP contribution is 2.30. The van der Waals surface area contributed by atoms with Crippen LogP contribution < -0.4 is 10.1 Å². The van der Waals surface area contributed by atoms with Crippen molar-refractivity contribution in [3.05, 3.63) is 52.2 Å². The van der Waals surface area contributed by atoms with Gasteiger partial charge in [0.25, 0.3) is 0 Å². The summed E-state index contributed by atoms with van der Waals surface area (Å²) in [6.07, 6.45) is 2.09. The molecule has 0 radical (unpaired) electrons. The summed E-state index contributed by atoms with van der Waals surface area (Å²) >= 11 is 1.77. The Bertz CT molecular complexity index is 612. The minimum absolute atomic E-state index is 0.108. The lowest BCUT2D eigenvalue weighted by Crippen LogP contribution is -2.37. The molecule has 4 nitrogen and oxygen atoms in total. The van der Waals surface area contributed by atoms with Gasteiger partial charge in [-0.25, -0.2) is 0 Å². The molecule has 2 aromatic rings. The van der Waals surface area contributed by atoms with Crippen molar-refractivity contribution in [2.24, 2.45) is 0 Å². The first kappa shape index (κ1) is 18.4. The van der Waals surface area contributed by atoms with Gasteiger partial charge in [-0.1, -0.05) is 24.3 Å². The van der Waals surface area contributed by atoms with Gasteiger partial charge in [0.15, 0.2) is 0 Å². The van der Waals surface area contributed by atoms with Gasteiger partial charge in [-0.3, -0.25) is 4.90 Å². The molecule has 0 bridgehead atoms. The van der Waals surface area contributed by atoms with Crippen LogP contribution in [0.4, 0.5) is 0 Å². The molecule has 1 atom stereocenters. The number of rotatable bonds is 9. The van der Waals surface area contributed by atoms with E-state index in [4.69, 9.17) is 9.47 Å². The van der Waals surface area contributed by atoms with Crippen LogP contribution in [0.3, 0.4) is 0 Å². The Morgan fingerprint density at radius 3 is 2.80 bits per heavy atom. The van der Waals surface area contributed by atoms with Gasteiger partial charge in [0.1, 0.15) is 11.9 Å². The summed E-state index contributed by atoms with van der Waals surface area (Å²) < 4.78 is 11.9. The predicted octanol–water partition coefficient (Wildman–Crippen LogP) is 3.35. The third-order valence-electron chi connectivity index (χ3n) is 4.56. The topological polar surface area (TPSA) is 33.7 Å². The van der Waals surface area contributed by atoms with Crippen LogP contribution in [0.2, 0.25) is 0 Å². The number of thiophene rings is 1. The third-order valence-corrected chi connectivity index (χ3v) is 5.52. The van der Waals surface area contributed by atoms with Crippen LogP contribution in [0.15, 0.2) is 41.8 Å². The lowest BCUT2D eigenvalue weighted by atomic mass is 10.1. The van der Waals surface area contributed by atoms with Gasteiger partial charge in [0.05, 0.1) is 13.2 Å². The van der Waals surface area contributed by atoms with E-state index in [0.29, 0.717) is 0 Å². The Morgan fingerprint density at radius 1 is 1.20 bits per heavy atom. The van der Waals surface area contributed by atoms with Gasteiger partial charge in [-0.05, 0) is 43.1 Å². The van der Waals surface area contributed by atoms with Crippen molar-refractivity contribution in [2.75, 3.05) is 46.4 Å². The number of morpholine rings is 1. The molecule has 3 rings (SSSR count). The smallest absolute Gasteiger partial charge is 0.134 e. The van der Waals surface area contributed by atoms with E-state index in [2.05, 4.69) is 52.0 Å². The Labute approximate surface area is 154 Å². The van der Waals surface area contributed by atoms with E-state index in [0.717, 1.165) is 58.0 Å². The lowest BCUT2D eigenvalue weighted by molar-refractivity contribution is 0.0383. The van der Waals surface area contributed by atoms with Gasteiger partial charge in [0, 0.05) is 30.9 Å². The fourth-order valence-electron chi connectivity index (χ4n) is 3.09. The number of nitrogens with zero attached hydrogens (tertiary/aromatic N) is 1. The van der Waals surface area contributed by atoms with Crippen molar-refractivity contribution in [2.45, 2.75) is 18.9 Å². The number of para-hydroxylation sites is 1. The number of benzene rings is 1. The first-order valence-corrected chi connectivity index (χ1v) is 9.97. The van der Waals surface area contributed by atoms with Crippen LogP contribution in [0.5, 0.6) is 5.75 Å². The SMILES string of the molecule is CNCCC(Oc1ccccc1CCN1CCOCC1)c1cccs1. The van der Waals surface area contributed by atoms with Crippen LogP contribution in [0.25, 0.3) is 0 Å². The van der Waals surface area contributed by atoms with Crippen molar-refractivity contribution in [1.82, 2.24) is 10.2 Å². The highest BCUT2D eigenvalue weighted by atomic mass is 32.1. The number of hydrogen-bond acceptors (Lipinski definition) is 5. The van der Waals surface area contributed by atoms with Gasteiger partial charge in [0.2, 0.25) is 0 Å². The Balaban J connectivity index is 1.65. The molecule has 1 saturated heterocycles. The molecule has 1 fully saturated rings. The number of ether oxygens (including phenoxy) is 2. The first-order valence-electron chi connectivity index (χ1n) is 9.09. The average molecular weight is 361 g/mol. The minimum atomic E-state index is 0.108. The summed E-state index contributed by atoms with van der Waals surface area (Å²) in [6, 6.07) is 12.7. The quantitative estimate of drug-likeness (QED) is 0.744. The van der Waals surface area contributed by atoms with Crippen molar-refractivity contribution < 1.29 is 9.47 Å². The summed E-state index contributed by atoms with van der Waals surface area (Å²) in [5.41, 5.74) is 1.29. The van der Waals surface area contributed by atoms with Gasteiger partial charge in [-0.2, -0.15) is 0 Å². The molecule has 136 valence electrons. The zero-order valence-electron chi connectivity index (χ0n) is 14.9. The Hall–Kier alpha value is -1.40. The van der Waals surface area contributed by atoms with Crippen molar-refractivity contribution in [3.63, 3.8) is 0 Å². The van der Waals surface area contributed by atoms with Crippen LogP contribution >= 0.6 is 11.3 Å². The van der Waals surface area contributed by atoms with Gasteiger partial charge in [-0.15, -0.1) is 11.3 Å². The average Bonchev–Trinajstić information content (AvgIpc) is 3.20. The lowest BCUT2D eigenvalue weighted by Gasteiger charge is -2.27. The molecule has 1 aliphatic heterocycles. The van der Waals surface area contributed by atoms with E-state index in [-0.39, 0.29) is 6.10 Å².